The molecule has 1 atom stereocenters. The summed E-state index contributed by atoms with van der Waals surface area (Å²) in [7, 11) is 0. The highest BCUT2D eigenvalue weighted by molar-refractivity contribution is 7.98. The zero-order valence-corrected chi connectivity index (χ0v) is 19.7. The first-order chi connectivity index (χ1) is 16.3. The highest BCUT2D eigenvalue weighted by atomic mass is 32.2. The monoisotopic (exact) mass is 463 g/mol. The number of hydrogen-bond donors (Lipinski definition) is 1. The van der Waals surface area contributed by atoms with Crippen LogP contribution < -0.4 is 10.2 Å². The van der Waals surface area contributed by atoms with Gasteiger partial charge >= 0.3 is 0 Å². The number of rotatable bonds is 5. The molecule has 0 amide bonds. The van der Waals surface area contributed by atoms with E-state index in [-0.39, 0.29) is 6.17 Å². The van der Waals surface area contributed by atoms with Gasteiger partial charge < -0.3 is 10.1 Å². The molecule has 3 aliphatic rings. The zero-order chi connectivity index (χ0) is 22.2. The van der Waals surface area contributed by atoms with Crippen LogP contribution in [-0.2, 0) is 4.74 Å². The van der Waals surface area contributed by atoms with E-state index in [2.05, 4.69) is 79.4 Å². The quantitative estimate of drug-likeness (QED) is 0.584. The number of aliphatic imine (C=N–C) groups is 1. The van der Waals surface area contributed by atoms with Crippen LogP contribution in [0.4, 0.5) is 5.95 Å². The minimum atomic E-state index is -0.0433. The number of aromatic nitrogens is 2. The zero-order valence-electron chi connectivity index (χ0n) is 18.9. The molecule has 0 spiro atoms. The summed E-state index contributed by atoms with van der Waals surface area (Å²) in [6.07, 6.45) is 2.06. The van der Waals surface area contributed by atoms with E-state index in [0.29, 0.717) is 6.67 Å². The number of thioether (sulfide) groups is 1. The number of para-hydroxylation sites is 2. The molecule has 8 nitrogen and oxygen atoms in total. The summed E-state index contributed by atoms with van der Waals surface area (Å²) in [6, 6.07) is 17.2. The molecule has 33 heavy (non-hydrogen) atoms. The Morgan fingerprint density at radius 1 is 1.03 bits per heavy atom. The maximum absolute atomic E-state index is 5.48. The van der Waals surface area contributed by atoms with E-state index in [4.69, 9.17) is 14.7 Å². The minimum absolute atomic E-state index is 0.0433. The molecule has 3 aromatic rings. The first kappa shape index (κ1) is 21.0. The lowest BCUT2D eigenvalue weighted by Gasteiger charge is -2.42. The normalized spacial score (nSPS) is 21.4. The Hall–Kier alpha value is -2.59. The van der Waals surface area contributed by atoms with Crippen molar-refractivity contribution in [1.29, 1.82) is 0 Å². The van der Waals surface area contributed by atoms with E-state index >= 15 is 0 Å². The molecule has 9 heteroatoms. The second kappa shape index (κ2) is 8.98. The first-order valence-electron chi connectivity index (χ1n) is 11.5. The fraction of sp³-hybridized carbons (Fsp3) is 0.417. The number of guanidine groups is 1. The van der Waals surface area contributed by atoms with Gasteiger partial charge in [0.05, 0.1) is 37.6 Å². The van der Waals surface area contributed by atoms with Crippen molar-refractivity contribution in [3.05, 3.63) is 54.1 Å². The van der Waals surface area contributed by atoms with Crippen LogP contribution in [0.15, 0.2) is 58.4 Å². The van der Waals surface area contributed by atoms with Crippen molar-refractivity contribution in [3.63, 3.8) is 0 Å². The molecule has 6 rings (SSSR count). The minimum Gasteiger partial charge on any atom is -0.379 e. The Kier molecular flexibility index (Phi) is 5.71. The van der Waals surface area contributed by atoms with E-state index in [1.54, 1.807) is 11.8 Å². The third-order valence-electron chi connectivity index (χ3n) is 6.63. The van der Waals surface area contributed by atoms with Gasteiger partial charge in [0.25, 0.3) is 0 Å². The highest BCUT2D eigenvalue weighted by Gasteiger charge is 2.35. The molecule has 0 radical (unpaired) electrons. The van der Waals surface area contributed by atoms with Crippen LogP contribution in [0.25, 0.3) is 11.0 Å². The number of nitrogens with one attached hydrogen (secondary N) is 1. The van der Waals surface area contributed by atoms with Crippen molar-refractivity contribution in [2.75, 3.05) is 63.9 Å². The molecule has 0 bridgehead atoms. The number of nitrogens with zero attached hydrogens (tertiary/aromatic N) is 6. The lowest BCUT2D eigenvalue weighted by atomic mass is 10.1. The largest absolute Gasteiger partial charge is 0.379 e. The third-order valence-corrected chi connectivity index (χ3v) is 7.37. The summed E-state index contributed by atoms with van der Waals surface area (Å²) in [4.78, 5) is 18.3. The maximum atomic E-state index is 5.48. The Morgan fingerprint density at radius 3 is 2.64 bits per heavy atom. The second-order valence-electron chi connectivity index (χ2n) is 8.63. The number of hydrogen-bond acceptors (Lipinski definition) is 8. The van der Waals surface area contributed by atoms with Gasteiger partial charge in [-0.15, -0.1) is 11.8 Å². The third kappa shape index (κ3) is 3.99. The molecule has 1 N–H and O–H groups in total. The second-order valence-corrected chi connectivity index (χ2v) is 9.51. The SMILES string of the molecule is CSc1ccc([C@@H]2NC3=NCN(CCN4CCOCC4)CN3c3nc4ccccc4n32)cc1. The number of ether oxygens (including phenoxy) is 1. The molecule has 0 unspecified atom stereocenters. The Bertz CT molecular complexity index is 1160. The van der Waals surface area contributed by atoms with Gasteiger partial charge in [-0.3, -0.25) is 19.3 Å². The van der Waals surface area contributed by atoms with Gasteiger partial charge in [-0.25, -0.2) is 9.98 Å². The van der Waals surface area contributed by atoms with Crippen molar-refractivity contribution in [2.24, 2.45) is 4.99 Å². The Balaban J connectivity index is 1.31. The lowest BCUT2D eigenvalue weighted by Crippen LogP contribution is -2.58. The number of imidazole rings is 1. The van der Waals surface area contributed by atoms with Crippen molar-refractivity contribution in [2.45, 2.75) is 11.1 Å². The fourth-order valence-electron chi connectivity index (χ4n) is 4.78. The predicted molar refractivity (Wildman–Crippen MR) is 133 cm³/mol. The molecule has 172 valence electrons. The van der Waals surface area contributed by atoms with Gasteiger partial charge in [-0.05, 0) is 36.1 Å². The maximum Gasteiger partial charge on any atom is 0.216 e. The van der Waals surface area contributed by atoms with Gasteiger partial charge in [0.1, 0.15) is 6.17 Å². The lowest BCUT2D eigenvalue weighted by molar-refractivity contribution is 0.0334. The van der Waals surface area contributed by atoms with E-state index < -0.39 is 0 Å². The van der Waals surface area contributed by atoms with E-state index in [1.165, 1.54) is 10.5 Å². The Labute approximate surface area is 198 Å². The molecule has 4 heterocycles. The summed E-state index contributed by atoms with van der Waals surface area (Å²) in [6.45, 7) is 7.19. The molecule has 3 aliphatic heterocycles. The van der Waals surface area contributed by atoms with Gasteiger partial charge in [0.2, 0.25) is 11.9 Å². The van der Waals surface area contributed by atoms with Crippen LogP contribution in [0.2, 0.25) is 0 Å². The fourth-order valence-corrected chi connectivity index (χ4v) is 5.18. The predicted octanol–water partition coefficient (Wildman–Crippen LogP) is 2.63. The van der Waals surface area contributed by atoms with Gasteiger partial charge in [0, 0.05) is 31.1 Å². The molecule has 2 aromatic carbocycles. The number of fused-ring (bicyclic) bond motifs is 5. The van der Waals surface area contributed by atoms with Crippen LogP contribution >= 0.6 is 11.8 Å². The summed E-state index contributed by atoms with van der Waals surface area (Å²) in [5.41, 5.74) is 3.34. The van der Waals surface area contributed by atoms with Crippen LogP contribution in [0.1, 0.15) is 11.7 Å². The van der Waals surface area contributed by atoms with Gasteiger partial charge in [-0.2, -0.15) is 0 Å². The molecule has 0 aliphatic carbocycles. The summed E-state index contributed by atoms with van der Waals surface area (Å²) >= 11 is 1.76. The number of benzene rings is 2. The summed E-state index contributed by atoms with van der Waals surface area (Å²) in [5.74, 6) is 1.85. The number of morpholine rings is 1. The van der Waals surface area contributed by atoms with Crippen molar-refractivity contribution in [1.82, 2.24) is 24.7 Å². The van der Waals surface area contributed by atoms with Crippen LogP contribution in [-0.4, -0.2) is 84.3 Å². The summed E-state index contributed by atoms with van der Waals surface area (Å²) in [5, 5.41) is 3.71. The van der Waals surface area contributed by atoms with Crippen molar-refractivity contribution < 1.29 is 4.74 Å². The van der Waals surface area contributed by atoms with Gasteiger partial charge in [0.15, 0.2) is 0 Å². The summed E-state index contributed by atoms with van der Waals surface area (Å²) < 4.78 is 7.80. The average Bonchev–Trinajstić information content (AvgIpc) is 3.28. The van der Waals surface area contributed by atoms with Crippen LogP contribution in [0, 0.1) is 0 Å². The van der Waals surface area contributed by atoms with Crippen LogP contribution in [0.5, 0.6) is 0 Å². The van der Waals surface area contributed by atoms with E-state index in [1.807, 2.05) is 0 Å². The van der Waals surface area contributed by atoms with E-state index in [0.717, 1.165) is 69.0 Å². The topological polar surface area (TPSA) is 61.2 Å². The Morgan fingerprint density at radius 2 is 1.82 bits per heavy atom. The molecular formula is C24H29N7OS. The smallest absolute Gasteiger partial charge is 0.216 e. The molecule has 1 aromatic heterocycles. The van der Waals surface area contributed by atoms with Crippen molar-refractivity contribution >= 4 is 34.7 Å². The first-order valence-corrected chi connectivity index (χ1v) is 12.7. The van der Waals surface area contributed by atoms with Crippen molar-refractivity contribution in [3.8, 4) is 0 Å². The van der Waals surface area contributed by atoms with Crippen LogP contribution in [0.3, 0.4) is 0 Å². The average molecular weight is 464 g/mol. The number of anilines is 1. The van der Waals surface area contributed by atoms with Gasteiger partial charge in [-0.1, -0.05) is 24.3 Å². The molecule has 1 saturated heterocycles. The molecular weight excluding hydrogens is 434 g/mol. The standard InChI is InChI=1S/C24H29N7OS/c1-33-19-8-6-18(7-9-19)22-27-23-25-16-29(11-10-28-12-14-32-15-13-28)17-30(23)24-26-20-4-2-3-5-21(20)31(22)24/h2-9,22H,10-17H2,1H3,(H,25,27)/t22-/m1/s1. The molecule has 1 fully saturated rings. The molecule has 0 saturated carbocycles. The highest BCUT2D eigenvalue weighted by Crippen LogP contribution is 2.34. The van der Waals surface area contributed by atoms with E-state index in [9.17, 15) is 0 Å².